The molecule has 0 unspecified atom stereocenters. The molecule has 0 amide bonds. The van der Waals surface area contributed by atoms with Gasteiger partial charge in [0.1, 0.15) is 11.4 Å². The molecular formula is C15H17N3O2S. The molecule has 6 heteroatoms. The van der Waals surface area contributed by atoms with Gasteiger partial charge in [0.25, 0.3) is 0 Å². The van der Waals surface area contributed by atoms with Crippen molar-refractivity contribution in [2.24, 2.45) is 0 Å². The summed E-state index contributed by atoms with van der Waals surface area (Å²) in [5, 5.41) is 12.6. The second-order valence-corrected chi connectivity index (χ2v) is 5.47. The number of hydrogen-bond acceptors (Lipinski definition) is 5. The van der Waals surface area contributed by atoms with Gasteiger partial charge in [-0.15, -0.1) is 0 Å². The molecule has 110 valence electrons. The Morgan fingerprint density at radius 3 is 2.90 bits per heavy atom. The molecule has 1 heterocycles. The quantitative estimate of drug-likeness (QED) is 0.630. The van der Waals surface area contributed by atoms with Gasteiger partial charge in [-0.1, -0.05) is 41.6 Å². The van der Waals surface area contributed by atoms with Crippen LogP contribution in [0.5, 0.6) is 0 Å². The Labute approximate surface area is 127 Å². The predicted molar refractivity (Wildman–Crippen MR) is 83.9 cm³/mol. The standard InChI is InChI=1S/C15H17N3O2S/c1-3-16-13-12(14(19)20)8-17-15(18-13)21-9-11-6-4-5-10(2)7-11/h4-8H,3,9H2,1-2H3,(H,19,20)(H,16,17,18). The van der Waals surface area contributed by atoms with Gasteiger partial charge in [-0.25, -0.2) is 14.8 Å². The Bertz CT molecular complexity index is 647. The van der Waals surface area contributed by atoms with Gasteiger partial charge in [0.2, 0.25) is 0 Å². The zero-order valence-electron chi connectivity index (χ0n) is 12.0. The molecular weight excluding hydrogens is 286 g/mol. The van der Waals surface area contributed by atoms with Crippen molar-refractivity contribution in [1.29, 1.82) is 0 Å². The van der Waals surface area contributed by atoms with Crippen LogP contribution in [-0.4, -0.2) is 27.6 Å². The smallest absolute Gasteiger partial charge is 0.341 e. The highest BCUT2D eigenvalue weighted by atomic mass is 32.2. The Kier molecular flexibility index (Phi) is 5.16. The number of thioether (sulfide) groups is 1. The largest absolute Gasteiger partial charge is 0.477 e. The van der Waals surface area contributed by atoms with E-state index in [-0.39, 0.29) is 5.56 Å². The average Bonchev–Trinajstić information content (AvgIpc) is 2.45. The highest BCUT2D eigenvalue weighted by Gasteiger charge is 2.13. The third-order valence-corrected chi connectivity index (χ3v) is 3.72. The molecule has 2 aromatic rings. The van der Waals surface area contributed by atoms with Crippen LogP contribution in [0, 0.1) is 6.92 Å². The van der Waals surface area contributed by atoms with Crippen molar-refractivity contribution >= 4 is 23.5 Å². The summed E-state index contributed by atoms with van der Waals surface area (Å²) in [5.41, 5.74) is 2.50. The van der Waals surface area contributed by atoms with Crippen LogP contribution in [-0.2, 0) is 5.75 Å². The minimum atomic E-state index is -1.03. The lowest BCUT2D eigenvalue weighted by atomic mass is 10.2. The van der Waals surface area contributed by atoms with Crippen LogP contribution in [0.2, 0.25) is 0 Å². The molecule has 21 heavy (non-hydrogen) atoms. The second-order valence-electron chi connectivity index (χ2n) is 4.53. The molecule has 0 aliphatic heterocycles. The minimum Gasteiger partial charge on any atom is -0.477 e. The molecule has 1 aromatic heterocycles. The second kappa shape index (κ2) is 7.08. The van der Waals surface area contributed by atoms with Crippen molar-refractivity contribution in [3.63, 3.8) is 0 Å². The van der Waals surface area contributed by atoms with Gasteiger partial charge < -0.3 is 10.4 Å². The van der Waals surface area contributed by atoms with Crippen molar-refractivity contribution in [3.8, 4) is 0 Å². The van der Waals surface area contributed by atoms with E-state index in [1.165, 1.54) is 29.1 Å². The molecule has 0 radical (unpaired) electrons. The first-order valence-corrected chi connectivity index (χ1v) is 7.61. The number of rotatable bonds is 6. The summed E-state index contributed by atoms with van der Waals surface area (Å²) in [5.74, 6) is 0.0903. The summed E-state index contributed by atoms with van der Waals surface area (Å²) in [6, 6.07) is 8.24. The highest BCUT2D eigenvalue weighted by molar-refractivity contribution is 7.98. The average molecular weight is 303 g/mol. The number of nitrogens with one attached hydrogen (secondary N) is 1. The Hall–Kier alpha value is -2.08. The first-order chi connectivity index (χ1) is 10.1. The number of hydrogen-bond donors (Lipinski definition) is 2. The maximum absolute atomic E-state index is 11.1. The number of carboxylic acids is 1. The maximum atomic E-state index is 11.1. The summed E-state index contributed by atoms with van der Waals surface area (Å²) < 4.78 is 0. The van der Waals surface area contributed by atoms with Gasteiger partial charge in [-0.3, -0.25) is 0 Å². The van der Waals surface area contributed by atoms with E-state index in [4.69, 9.17) is 5.11 Å². The third kappa shape index (κ3) is 4.19. The van der Waals surface area contributed by atoms with Gasteiger partial charge in [0.15, 0.2) is 5.16 Å². The number of carboxylic acid groups (broad SMARTS) is 1. The van der Waals surface area contributed by atoms with E-state index >= 15 is 0 Å². The zero-order chi connectivity index (χ0) is 15.2. The molecule has 1 aromatic carbocycles. The molecule has 2 N–H and O–H groups in total. The number of benzene rings is 1. The summed E-state index contributed by atoms with van der Waals surface area (Å²) in [7, 11) is 0. The van der Waals surface area contributed by atoms with E-state index in [1.54, 1.807) is 0 Å². The minimum absolute atomic E-state index is 0.0942. The van der Waals surface area contributed by atoms with Gasteiger partial charge in [0.05, 0.1) is 0 Å². The zero-order valence-corrected chi connectivity index (χ0v) is 12.8. The molecule has 0 spiro atoms. The topological polar surface area (TPSA) is 75.1 Å². The Morgan fingerprint density at radius 2 is 2.24 bits per heavy atom. The maximum Gasteiger partial charge on any atom is 0.341 e. The summed E-state index contributed by atoms with van der Waals surface area (Å²) >= 11 is 1.49. The third-order valence-electron chi connectivity index (χ3n) is 2.79. The fourth-order valence-corrected chi connectivity index (χ4v) is 2.60. The lowest BCUT2D eigenvalue weighted by molar-refractivity contribution is 0.0697. The molecule has 0 bridgehead atoms. The molecule has 0 aliphatic rings. The lowest BCUT2D eigenvalue weighted by Crippen LogP contribution is -2.09. The summed E-state index contributed by atoms with van der Waals surface area (Å²) in [6.45, 7) is 4.56. The summed E-state index contributed by atoms with van der Waals surface area (Å²) in [4.78, 5) is 19.5. The van der Waals surface area contributed by atoms with E-state index in [0.29, 0.717) is 17.5 Å². The fourth-order valence-electron chi connectivity index (χ4n) is 1.84. The molecule has 2 rings (SSSR count). The van der Waals surface area contributed by atoms with Crippen LogP contribution in [0.1, 0.15) is 28.4 Å². The van der Waals surface area contributed by atoms with Crippen LogP contribution in [0.25, 0.3) is 0 Å². The van der Waals surface area contributed by atoms with E-state index in [0.717, 1.165) is 5.75 Å². The monoisotopic (exact) mass is 303 g/mol. The van der Waals surface area contributed by atoms with Crippen LogP contribution < -0.4 is 5.32 Å². The Morgan fingerprint density at radius 1 is 1.43 bits per heavy atom. The highest BCUT2D eigenvalue weighted by Crippen LogP contribution is 2.22. The Balaban J connectivity index is 2.13. The molecule has 5 nitrogen and oxygen atoms in total. The van der Waals surface area contributed by atoms with Gasteiger partial charge in [-0.05, 0) is 19.4 Å². The van der Waals surface area contributed by atoms with E-state index in [9.17, 15) is 4.79 Å². The van der Waals surface area contributed by atoms with Crippen molar-refractivity contribution in [1.82, 2.24) is 9.97 Å². The molecule has 0 fully saturated rings. The normalized spacial score (nSPS) is 10.4. The van der Waals surface area contributed by atoms with Crippen LogP contribution in [0.15, 0.2) is 35.6 Å². The van der Waals surface area contributed by atoms with Crippen molar-refractivity contribution in [2.45, 2.75) is 24.8 Å². The predicted octanol–water partition coefficient (Wildman–Crippen LogP) is 3.21. The molecule has 0 saturated heterocycles. The number of anilines is 1. The lowest BCUT2D eigenvalue weighted by Gasteiger charge is -2.08. The number of aromatic carboxylic acids is 1. The number of carbonyl (C=O) groups is 1. The SMILES string of the molecule is CCNc1nc(SCc2cccc(C)c2)ncc1C(=O)O. The number of aryl methyl sites for hydroxylation is 1. The van der Waals surface area contributed by atoms with Gasteiger partial charge in [-0.2, -0.15) is 0 Å². The van der Waals surface area contributed by atoms with Crippen LogP contribution in [0.3, 0.4) is 0 Å². The number of aromatic nitrogens is 2. The molecule has 0 atom stereocenters. The van der Waals surface area contributed by atoms with E-state index in [1.807, 2.05) is 13.0 Å². The molecule has 0 aliphatic carbocycles. The first-order valence-electron chi connectivity index (χ1n) is 6.62. The number of nitrogens with zero attached hydrogens (tertiary/aromatic N) is 2. The fraction of sp³-hybridized carbons (Fsp3) is 0.267. The van der Waals surface area contributed by atoms with Crippen LogP contribution >= 0.6 is 11.8 Å². The van der Waals surface area contributed by atoms with Crippen molar-refractivity contribution in [3.05, 3.63) is 47.2 Å². The van der Waals surface area contributed by atoms with E-state index < -0.39 is 5.97 Å². The van der Waals surface area contributed by atoms with Crippen molar-refractivity contribution < 1.29 is 9.90 Å². The van der Waals surface area contributed by atoms with E-state index in [2.05, 4.69) is 40.4 Å². The van der Waals surface area contributed by atoms with Crippen molar-refractivity contribution in [2.75, 3.05) is 11.9 Å². The first kappa shape index (κ1) is 15.3. The summed E-state index contributed by atoms with van der Waals surface area (Å²) in [6.07, 6.45) is 1.35. The molecule has 0 saturated carbocycles. The van der Waals surface area contributed by atoms with Gasteiger partial charge >= 0.3 is 5.97 Å². The van der Waals surface area contributed by atoms with Crippen LogP contribution in [0.4, 0.5) is 5.82 Å². The van der Waals surface area contributed by atoms with Gasteiger partial charge in [0, 0.05) is 18.5 Å².